The van der Waals surface area contributed by atoms with Crippen molar-refractivity contribution in [2.75, 3.05) is 0 Å². The fourth-order valence-electron chi connectivity index (χ4n) is 0.358. The Hall–Kier alpha value is -0.300. The zero-order valence-corrected chi connectivity index (χ0v) is 4.89. The van der Waals surface area contributed by atoms with Gasteiger partial charge in [0.25, 0.3) is 0 Å². The van der Waals surface area contributed by atoms with Crippen molar-refractivity contribution in [2.24, 2.45) is 0 Å². The van der Waals surface area contributed by atoms with Crippen LogP contribution in [-0.2, 0) is 0 Å². The van der Waals surface area contributed by atoms with Crippen LogP contribution in [0.3, 0.4) is 0 Å². The number of rotatable bonds is 2. The van der Waals surface area contributed by atoms with E-state index >= 15 is 0 Å². The van der Waals surface area contributed by atoms with Crippen LogP contribution < -0.4 is 0 Å². The van der Waals surface area contributed by atoms with Crippen molar-refractivity contribution in [3.63, 3.8) is 0 Å². The molecule has 0 aliphatic rings. The van der Waals surface area contributed by atoms with E-state index in [2.05, 4.69) is 0 Å². The van der Waals surface area contributed by atoms with Gasteiger partial charge in [-0.1, -0.05) is 19.1 Å². The average molecular weight is 100 g/mol. The molecule has 1 nitrogen and oxygen atoms in total. The van der Waals surface area contributed by atoms with Gasteiger partial charge in [-0.2, -0.15) is 0 Å². The third kappa shape index (κ3) is 3.53. The molecule has 1 heteroatoms. The van der Waals surface area contributed by atoms with E-state index in [4.69, 9.17) is 5.11 Å². The highest BCUT2D eigenvalue weighted by molar-refractivity contribution is 4.83. The van der Waals surface area contributed by atoms with Crippen LogP contribution in [0, 0.1) is 0 Å². The number of hydrogen-bond donors (Lipinski definition) is 1. The Labute approximate surface area is 44.7 Å². The lowest BCUT2D eigenvalue weighted by Crippen LogP contribution is -1.96. The molecule has 0 aromatic carbocycles. The summed E-state index contributed by atoms with van der Waals surface area (Å²) in [5.74, 6) is 0. The molecule has 1 N–H and O–H groups in total. The molecule has 0 radical (unpaired) electrons. The zero-order chi connectivity index (χ0) is 5.70. The van der Waals surface area contributed by atoms with Crippen molar-refractivity contribution in [1.82, 2.24) is 0 Å². The van der Waals surface area contributed by atoms with E-state index in [1.165, 1.54) is 0 Å². The predicted octanol–water partition coefficient (Wildman–Crippen LogP) is 1.33. The summed E-state index contributed by atoms with van der Waals surface area (Å²) in [5.41, 5.74) is 0. The van der Waals surface area contributed by atoms with Crippen molar-refractivity contribution in [3.05, 3.63) is 12.2 Å². The Morgan fingerprint density at radius 1 is 1.71 bits per heavy atom. The van der Waals surface area contributed by atoms with E-state index in [1.54, 1.807) is 6.08 Å². The topological polar surface area (TPSA) is 20.2 Å². The van der Waals surface area contributed by atoms with Crippen LogP contribution in [0.25, 0.3) is 0 Å². The number of hydrogen-bond acceptors (Lipinski definition) is 1. The van der Waals surface area contributed by atoms with Crippen LogP contribution in [0.15, 0.2) is 12.2 Å². The molecule has 0 spiro atoms. The first-order valence-electron chi connectivity index (χ1n) is 2.62. The van der Waals surface area contributed by atoms with Crippen molar-refractivity contribution >= 4 is 0 Å². The predicted molar refractivity (Wildman–Crippen MR) is 31.1 cm³/mol. The summed E-state index contributed by atoms with van der Waals surface area (Å²) in [5, 5.41) is 8.77. The van der Waals surface area contributed by atoms with Gasteiger partial charge in [-0.15, -0.1) is 0 Å². The van der Waals surface area contributed by atoms with E-state index in [-0.39, 0.29) is 6.10 Å². The second-order valence-electron chi connectivity index (χ2n) is 1.50. The van der Waals surface area contributed by atoms with Crippen LogP contribution in [0.1, 0.15) is 20.3 Å². The summed E-state index contributed by atoms with van der Waals surface area (Å²) in [4.78, 5) is 0. The van der Waals surface area contributed by atoms with E-state index in [0.717, 1.165) is 6.42 Å². The molecule has 0 aromatic heterocycles. The van der Waals surface area contributed by atoms with Crippen LogP contribution in [0.2, 0.25) is 0 Å². The monoisotopic (exact) mass is 100 g/mol. The maximum absolute atomic E-state index is 8.77. The lowest BCUT2D eigenvalue weighted by molar-refractivity contribution is 0.219. The fourth-order valence-corrected chi connectivity index (χ4v) is 0.358. The fraction of sp³-hybridized carbons (Fsp3) is 0.667. The summed E-state index contributed by atoms with van der Waals surface area (Å²) in [6.45, 7) is 3.85. The van der Waals surface area contributed by atoms with Crippen molar-refractivity contribution in [3.8, 4) is 0 Å². The largest absolute Gasteiger partial charge is 0.389 e. The van der Waals surface area contributed by atoms with Crippen LogP contribution in [-0.4, -0.2) is 11.2 Å². The molecule has 0 fully saturated rings. The number of aliphatic hydroxyl groups is 1. The van der Waals surface area contributed by atoms with Gasteiger partial charge < -0.3 is 5.11 Å². The van der Waals surface area contributed by atoms with Gasteiger partial charge >= 0.3 is 0 Å². The minimum absolute atomic E-state index is 0.231. The number of aliphatic hydroxyl groups excluding tert-OH is 1. The van der Waals surface area contributed by atoms with Gasteiger partial charge in [0.05, 0.1) is 6.10 Å². The van der Waals surface area contributed by atoms with Gasteiger partial charge in [-0.3, -0.25) is 0 Å². The quantitative estimate of drug-likeness (QED) is 0.519. The molecule has 1 atom stereocenters. The molecule has 0 amide bonds. The zero-order valence-electron chi connectivity index (χ0n) is 4.89. The molecular formula is C6H12O. The van der Waals surface area contributed by atoms with Gasteiger partial charge in [0.2, 0.25) is 0 Å². The average Bonchev–Trinajstić information content (AvgIpc) is 1.68. The Balaban J connectivity index is 3.16. The molecule has 0 saturated heterocycles. The highest BCUT2D eigenvalue weighted by Gasteiger charge is 1.87. The van der Waals surface area contributed by atoms with E-state index in [0.29, 0.717) is 0 Å². The van der Waals surface area contributed by atoms with Gasteiger partial charge in [0.15, 0.2) is 0 Å². The maximum Gasteiger partial charge on any atom is 0.0718 e. The van der Waals surface area contributed by atoms with Crippen molar-refractivity contribution in [2.45, 2.75) is 26.4 Å². The smallest absolute Gasteiger partial charge is 0.0718 e. The molecule has 0 heterocycles. The second kappa shape index (κ2) is 3.88. The standard InChI is InChI=1S/C6H12O/c1-3-5-6(7)4-2/h3,5-7H,4H2,1-2H3/b5-3+. The Morgan fingerprint density at radius 3 is 2.43 bits per heavy atom. The molecule has 0 aromatic rings. The molecule has 0 rings (SSSR count). The first-order chi connectivity index (χ1) is 3.31. The molecule has 0 aliphatic heterocycles. The molecule has 0 aliphatic carbocycles. The van der Waals surface area contributed by atoms with Crippen LogP contribution in [0.4, 0.5) is 0 Å². The molecule has 0 saturated carbocycles. The summed E-state index contributed by atoms with van der Waals surface area (Å²) in [6, 6.07) is 0. The molecular weight excluding hydrogens is 88.1 g/mol. The normalized spacial score (nSPS) is 15.3. The summed E-state index contributed by atoms with van der Waals surface area (Å²) < 4.78 is 0. The lowest BCUT2D eigenvalue weighted by atomic mass is 10.3. The van der Waals surface area contributed by atoms with E-state index in [1.807, 2.05) is 19.9 Å². The Bertz CT molecular complexity index is 57.2. The minimum Gasteiger partial charge on any atom is -0.389 e. The van der Waals surface area contributed by atoms with Crippen molar-refractivity contribution in [1.29, 1.82) is 0 Å². The van der Waals surface area contributed by atoms with Crippen LogP contribution >= 0.6 is 0 Å². The minimum atomic E-state index is -0.231. The first-order valence-corrected chi connectivity index (χ1v) is 2.62. The Kier molecular flexibility index (Phi) is 3.71. The summed E-state index contributed by atoms with van der Waals surface area (Å²) >= 11 is 0. The third-order valence-corrected chi connectivity index (χ3v) is 0.833. The second-order valence-corrected chi connectivity index (χ2v) is 1.50. The van der Waals surface area contributed by atoms with Crippen LogP contribution in [0.5, 0.6) is 0 Å². The maximum atomic E-state index is 8.77. The van der Waals surface area contributed by atoms with Gasteiger partial charge in [0.1, 0.15) is 0 Å². The SMILES string of the molecule is C/C=C/C(O)CC. The van der Waals surface area contributed by atoms with Gasteiger partial charge in [0, 0.05) is 0 Å². The highest BCUT2D eigenvalue weighted by atomic mass is 16.3. The Morgan fingerprint density at radius 2 is 2.29 bits per heavy atom. The molecule has 0 bridgehead atoms. The summed E-state index contributed by atoms with van der Waals surface area (Å²) in [6.07, 6.45) is 4.21. The third-order valence-electron chi connectivity index (χ3n) is 0.833. The summed E-state index contributed by atoms with van der Waals surface area (Å²) in [7, 11) is 0. The van der Waals surface area contributed by atoms with E-state index < -0.39 is 0 Å². The molecule has 42 valence electrons. The van der Waals surface area contributed by atoms with E-state index in [9.17, 15) is 0 Å². The molecule has 1 unspecified atom stereocenters. The highest BCUT2D eigenvalue weighted by Crippen LogP contribution is 1.89. The first kappa shape index (κ1) is 6.70. The van der Waals surface area contributed by atoms with Crippen molar-refractivity contribution < 1.29 is 5.11 Å². The molecule has 7 heavy (non-hydrogen) atoms. The number of allylic oxidation sites excluding steroid dienone is 1. The van der Waals surface area contributed by atoms with Gasteiger partial charge in [-0.05, 0) is 13.3 Å². The van der Waals surface area contributed by atoms with Gasteiger partial charge in [-0.25, -0.2) is 0 Å². The lowest BCUT2D eigenvalue weighted by Gasteiger charge is -1.95.